The molecule has 0 radical (unpaired) electrons. The summed E-state index contributed by atoms with van der Waals surface area (Å²) < 4.78 is 4.87. The van der Waals surface area contributed by atoms with Crippen molar-refractivity contribution in [3.63, 3.8) is 0 Å². The van der Waals surface area contributed by atoms with Crippen molar-refractivity contribution in [2.24, 2.45) is 11.8 Å². The van der Waals surface area contributed by atoms with Crippen LogP contribution in [-0.2, 0) is 14.3 Å². The molecule has 0 aromatic carbocycles. The SMILES string of the molecule is CCCC(C(=O)O)C(CC)C(=O)OCC. The zero-order valence-electron chi connectivity index (χ0n) is 9.66. The number of hydrogen-bond donors (Lipinski definition) is 1. The summed E-state index contributed by atoms with van der Waals surface area (Å²) in [6.07, 6.45) is 1.79. The number of carboxylic acid groups (broad SMARTS) is 1. The van der Waals surface area contributed by atoms with E-state index in [0.717, 1.165) is 6.42 Å². The van der Waals surface area contributed by atoms with Gasteiger partial charge in [-0.15, -0.1) is 0 Å². The minimum Gasteiger partial charge on any atom is -0.481 e. The van der Waals surface area contributed by atoms with Gasteiger partial charge in [0.05, 0.1) is 18.4 Å². The fourth-order valence-electron chi connectivity index (χ4n) is 1.67. The Morgan fingerprint density at radius 2 is 1.80 bits per heavy atom. The van der Waals surface area contributed by atoms with E-state index < -0.39 is 17.8 Å². The van der Waals surface area contributed by atoms with Gasteiger partial charge in [-0.1, -0.05) is 20.3 Å². The molecule has 0 amide bonds. The van der Waals surface area contributed by atoms with Gasteiger partial charge in [0.1, 0.15) is 0 Å². The molecule has 0 fully saturated rings. The van der Waals surface area contributed by atoms with Gasteiger partial charge in [-0.25, -0.2) is 0 Å². The Balaban J connectivity index is 4.57. The van der Waals surface area contributed by atoms with Crippen LogP contribution in [-0.4, -0.2) is 23.7 Å². The van der Waals surface area contributed by atoms with Crippen molar-refractivity contribution in [1.29, 1.82) is 0 Å². The molecule has 0 saturated heterocycles. The molecule has 0 aliphatic carbocycles. The standard InChI is InChI=1S/C11H20O4/c1-4-7-9(10(12)13)8(5-2)11(14)15-6-3/h8-9H,4-7H2,1-3H3,(H,12,13). The molecular formula is C11H20O4. The predicted molar refractivity (Wildman–Crippen MR) is 56.4 cm³/mol. The highest BCUT2D eigenvalue weighted by atomic mass is 16.5. The summed E-state index contributed by atoms with van der Waals surface area (Å²) in [5.74, 6) is -2.42. The largest absolute Gasteiger partial charge is 0.481 e. The van der Waals surface area contributed by atoms with E-state index in [1.165, 1.54) is 0 Å². The zero-order valence-corrected chi connectivity index (χ0v) is 9.66. The first-order valence-electron chi connectivity index (χ1n) is 5.47. The van der Waals surface area contributed by atoms with Crippen molar-refractivity contribution in [2.75, 3.05) is 6.61 Å². The fourth-order valence-corrected chi connectivity index (χ4v) is 1.67. The average Bonchev–Trinajstić information content (AvgIpc) is 2.18. The van der Waals surface area contributed by atoms with Crippen LogP contribution >= 0.6 is 0 Å². The van der Waals surface area contributed by atoms with Crippen molar-refractivity contribution in [3.05, 3.63) is 0 Å². The Morgan fingerprint density at radius 1 is 1.20 bits per heavy atom. The van der Waals surface area contributed by atoms with E-state index in [1.807, 2.05) is 13.8 Å². The molecule has 2 unspecified atom stereocenters. The molecule has 4 heteroatoms. The molecule has 0 saturated carbocycles. The third-order valence-corrected chi connectivity index (χ3v) is 2.43. The normalized spacial score (nSPS) is 14.3. The smallest absolute Gasteiger partial charge is 0.309 e. The summed E-state index contributed by atoms with van der Waals surface area (Å²) >= 11 is 0. The predicted octanol–water partition coefficient (Wildman–Crippen LogP) is 2.08. The number of esters is 1. The summed E-state index contributed by atoms with van der Waals surface area (Å²) in [5.41, 5.74) is 0. The second-order valence-corrected chi connectivity index (χ2v) is 3.50. The number of rotatable bonds is 7. The fraction of sp³-hybridized carbons (Fsp3) is 0.818. The lowest BCUT2D eigenvalue weighted by atomic mass is 9.86. The van der Waals surface area contributed by atoms with E-state index in [-0.39, 0.29) is 5.97 Å². The number of hydrogen-bond acceptors (Lipinski definition) is 3. The van der Waals surface area contributed by atoms with Crippen LogP contribution in [0.1, 0.15) is 40.0 Å². The third-order valence-electron chi connectivity index (χ3n) is 2.43. The van der Waals surface area contributed by atoms with Crippen LogP contribution in [0.3, 0.4) is 0 Å². The van der Waals surface area contributed by atoms with Gasteiger partial charge >= 0.3 is 11.9 Å². The van der Waals surface area contributed by atoms with Gasteiger partial charge in [0, 0.05) is 0 Å². The average molecular weight is 216 g/mol. The topological polar surface area (TPSA) is 63.6 Å². The lowest BCUT2D eigenvalue weighted by Gasteiger charge is -2.20. The number of aliphatic carboxylic acids is 1. The quantitative estimate of drug-likeness (QED) is 0.662. The summed E-state index contributed by atoms with van der Waals surface area (Å²) in [7, 11) is 0. The lowest BCUT2D eigenvalue weighted by Crippen LogP contribution is -2.30. The maximum absolute atomic E-state index is 11.5. The Hall–Kier alpha value is -1.06. The molecule has 2 atom stereocenters. The van der Waals surface area contributed by atoms with Crippen LogP contribution < -0.4 is 0 Å². The highest BCUT2D eigenvalue weighted by molar-refractivity contribution is 5.81. The van der Waals surface area contributed by atoms with Gasteiger partial charge in [0.2, 0.25) is 0 Å². The van der Waals surface area contributed by atoms with E-state index in [1.54, 1.807) is 6.92 Å². The second-order valence-electron chi connectivity index (χ2n) is 3.50. The number of ether oxygens (including phenoxy) is 1. The molecular weight excluding hydrogens is 196 g/mol. The molecule has 0 aromatic heterocycles. The van der Waals surface area contributed by atoms with Crippen molar-refractivity contribution < 1.29 is 19.4 Å². The van der Waals surface area contributed by atoms with E-state index in [9.17, 15) is 9.59 Å². The van der Waals surface area contributed by atoms with Crippen molar-refractivity contribution >= 4 is 11.9 Å². The lowest BCUT2D eigenvalue weighted by molar-refractivity contribution is -0.157. The summed E-state index contributed by atoms with van der Waals surface area (Å²) in [5, 5.41) is 9.02. The van der Waals surface area contributed by atoms with Gasteiger partial charge in [0.15, 0.2) is 0 Å². The first kappa shape index (κ1) is 13.9. The first-order valence-corrected chi connectivity index (χ1v) is 5.47. The molecule has 0 heterocycles. The van der Waals surface area contributed by atoms with Gasteiger partial charge in [-0.2, -0.15) is 0 Å². The van der Waals surface area contributed by atoms with Gasteiger partial charge in [0.25, 0.3) is 0 Å². The number of carbonyl (C=O) groups is 2. The van der Waals surface area contributed by atoms with Crippen LogP contribution in [0.2, 0.25) is 0 Å². The minimum atomic E-state index is -0.906. The first-order chi connectivity index (χ1) is 7.08. The van der Waals surface area contributed by atoms with Crippen LogP contribution in [0.15, 0.2) is 0 Å². The summed E-state index contributed by atoms with van der Waals surface area (Å²) in [6.45, 7) is 5.75. The van der Waals surface area contributed by atoms with E-state index in [2.05, 4.69) is 0 Å². The van der Waals surface area contributed by atoms with Crippen LogP contribution in [0.25, 0.3) is 0 Å². The highest BCUT2D eigenvalue weighted by Gasteiger charge is 2.32. The molecule has 0 aromatic rings. The second kappa shape index (κ2) is 7.26. The monoisotopic (exact) mass is 216 g/mol. The molecule has 4 nitrogen and oxygen atoms in total. The van der Waals surface area contributed by atoms with Gasteiger partial charge in [-0.05, 0) is 19.8 Å². The van der Waals surface area contributed by atoms with Crippen molar-refractivity contribution in [1.82, 2.24) is 0 Å². The molecule has 0 aliphatic heterocycles. The minimum absolute atomic E-state index is 0.299. The molecule has 88 valence electrons. The van der Waals surface area contributed by atoms with E-state index in [4.69, 9.17) is 9.84 Å². The Morgan fingerprint density at radius 3 is 2.13 bits per heavy atom. The van der Waals surface area contributed by atoms with Crippen LogP contribution in [0.4, 0.5) is 0 Å². The maximum Gasteiger partial charge on any atom is 0.309 e. The third kappa shape index (κ3) is 4.32. The Bertz CT molecular complexity index is 213. The molecule has 0 aliphatic rings. The van der Waals surface area contributed by atoms with Crippen LogP contribution in [0, 0.1) is 11.8 Å². The number of carbonyl (C=O) groups excluding carboxylic acids is 1. The number of carboxylic acids is 1. The highest BCUT2D eigenvalue weighted by Crippen LogP contribution is 2.22. The maximum atomic E-state index is 11.5. The molecule has 1 N–H and O–H groups in total. The summed E-state index contributed by atoms with van der Waals surface area (Å²) in [4.78, 5) is 22.5. The van der Waals surface area contributed by atoms with Crippen molar-refractivity contribution in [3.8, 4) is 0 Å². The van der Waals surface area contributed by atoms with Gasteiger partial charge in [-0.3, -0.25) is 9.59 Å². The van der Waals surface area contributed by atoms with Crippen molar-refractivity contribution in [2.45, 2.75) is 40.0 Å². The van der Waals surface area contributed by atoms with E-state index >= 15 is 0 Å². The van der Waals surface area contributed by atoms with E-state index in [0.29, 0.717) is 19.4 Å². The van der Waals surface area contributed by atoms with Gasteiger partial charge < -0.3 is 9.84 Å². The molecule has 0 spiro atoms. The molecule has 0 rings (SSSR count). The summed E-state index contributed by atoms with van der Waals surface area (Å²) in [6, 6.07) is 0. The molecule has 15 heavy (non-hydrogen) atoms. The zero-order chi connectivity index (χ0) is 11.8. The Kier molecular flexibility index (Phi) is 6.75. The molecule has 0 bridgehead atoms. The van der Waals surface area contributed by atoms with Crippen LogP contribution in [0.5, 0.6) is 0 Å². The Labute approximate surface area is 90.6 Å².